The van der Waals surface area contributed by atoms with Crippen LogP contribution in [0.15, 0.2) is 0 Å². The van der Waals surface area contributed by atoms with E-state index in [0.717, 1.165) is 44.9 Å². The fourth-order valence-corrected chi connectivity index (χ4v) is 2.98. The average Bonchev–Trinajstić information content (AvgIpc) is 2.45. The lowest BCUT2D eigenvalue weighted by molar-refractivity contribution is -0.120. The molecule has 1 aliphatic carbocycles. The van der Waals surface area contributed by atoms with Crippen LogP contribution >= 0.6 is 0 Å². The summed E-state index contributed by atoms with van der Waals surface area (Å²) in [6.07, 6.45) is 6.85. The molecule has 0 aliphatic heterocycles. The summed E-state index contributed by atoms with van der Waals surface area (Å²) in [6.45, 7) is 9.33. The first-order chi connectivity index (χ1) is 9.06. The van der Waals surface area contributed by atoms with E-state index in [-0.39, 0.29) is 5.41 Å². The third-order valence-electron chi connectivity index (χ3n) is 4.83. The molecular weight excluding hydrogens is 238 g/mol. The van der Waals surface area contributed by atoms with Crippen LogP contribution in [0.5, 0.6) is 0 Å². The molecule has 0 radical (unpaired) electrons. The Morgan fingerprint density at radius 1 is 1.42 bits per heavy atom. The molecule has 0 spiro atoms. The number of methoxy groups -OCH3 is 1. The second-order valence-electron chi connectivity index (χ2n) is 6.38. The van der Waals surface area contributed by atoms with Gasteiger partial charge >= 0.3 is 0 Å². The van der Waals surface area contributed by atoms with Gasteiger partial charge in [-0.3, -0.25) is 4.90 Å². The maximum atomic E-state index is 11.7. The number of hydrogen-bond acceptors (Lipinski definition) is 3. The lowest BCUT2D eigenvalue weighted by Crippen LogP contribution is -2.46. The molecule has 1 aliphatic rings. The molecule has 1 fully saturated rings. The van der Waals surface area contributed by atoms with Crippen molar-refractivity contribution >= 4 is 6.29 Å². The monoisotopic (exact) mass is 269 g/mol. The molecule has 0 N–H and O–H groups in total. The summed E-state index contributed by atoms with van der Waals surface area (Å²) in [5.74, 6) is 0.782. The van der Waals surface area contributed by atoms with Crippen molar-refractivity contribution in [2.24, 2.45) is 11.3 Å². The molecule has 3 heteroatoms. The molecular formula is C16H31NO2. The third kappa shape index (κ3) is 4.88. The van der Waals surface area contributed by atoms with Crippen LogP contribution in [0.3, 0.4) is 0 Å². The van der Waals surface area contributed by atoms with Crippen LogP contribution in [-0.4, -0.2) is 44.0 Å². The summed E-state index contributed by atoms with van der Waals surface area (Å²) in [5.41, 5.74) is -0.107. The number of nitrogens with zero attached hydrogens (tertiary/aromatic N) is 1. The first-order valence-electron chi connectivity index (χ1n) is 7.76. The first-order valence-corrected chi connectivity index (χ1v) is 7.76. The van der Waals surface area contributed by atoms with E-state index in [4.69, 9.17) is 4.74 Å². The smallest absolute Gasteiger partial charge is 0.127 e. The third-order valence-corrected chi connectivity index (χ3v) is 4.83. The second-order valence-corrected chi connectivity index (χ2v) is 6.38. The fourth-order valence-electron chi connectivity index (χ4n) is 2.98. The molecule has 112 valence electrons. The summed E-state index contributed by atoms with van der Waals surface area (Å²) in [4.78, 5) is 14.1. The standard InChI is InChI=1S/C16H31NO2/c1-5-15(3)17(10-11-19-4)12-16(13-18)8-6-14(2)7-9-16/h13-15H,5-12H2,1-4H3. The molecule has 0 amide bonds. The van der Waals surface area contributed by atoms with Gasteiger partial charge in [0.05, 0.1) is 6.61 Å². The van der Waals surface area contributed by atoms with Gasteiger partial charge in [0.15, 0.2) is 0 Å². The minimum atomic E-state index is -0.107. The minimum absolute atomic E-state index is 0.107. The van der Waals surface area contributed by atoms with Gasteiger partial charge in [-0.1, -0.05) is 13.8 Å². The van der Waals surface area contributed by atoms with Crippen molar-refractivity contribution in [3.05, 3.63) is 0 Å². The molecule has 1 saturated carbocycles. The Hall–Kier alpha value is -0.410. The van der Waals surface area contributed by atoms with Crippen molar-refractivity contribution in [1.82, 2.24) is 4.90 Å². The lowest BCUT2D eigenvalue weighted by Gasteiger charge is -2.40. The van der Waals surface area contributed by atoms with Crippen LogP contribution in [0.25, 0.3) is 0 Å². The van der Waals surface area contributed by atoms with E-state index in [1.54, 1.807) is 7.11 Å². The highest BCUT2D eigenvalue weighted by Gasteiger charge is 2.36. The lowest BCUT2D eigenvalue weighted by atomic mass is 9.71. The summed E-state index contributed by atoms with van der Waals surface area (Å²) < 4.78 is 5.21. The van der Waals surface area contributed by atoms with E-state index in [0.29, 0.717) is 6.04 Å². The Balaban J connectivity index is 2.65. The summed E-state index contributed by atoms with van der Waals surface area (Å²) >= 11 is 0. The summed E-state index contributed by atoms with van der Waals surface area (Å²) in [5, 5.41) is 0. The van der Waals surface area contributed by atoms with Gasteiger partial charge in [-0.25, -0.2) is 0 Å². The SMILES string of the molecule is CCC(C)N(CCOC)CC1(C=O)CCC(C)CC1. The predicted octanol–water partition coefficient (Wildman–Crippen LogP) is 3.13. The van der Waals surface area contributed by atoms with Crippen LogP contribution in [0.4, 0.5) is 0 Å². The molecule has 0 aromatic heterocycles. The van der Waals surface area contributed by atoms with Gasteiger partial charge in [-0.05, 0) is 44.9 Å². The van der Waals surface area contributed by atoms with Gasteiger partial charge in [0.25, 0.3) is 0 Å². The summed E-state index contributed by atoms with van der Waals surface area (Å²) in [6, 6.07) is 0.520. The van der Waals surface area contributed by atoms with Crippen LogP contribution in [-0.2, 0) is 9.53 Å². The van der Waals surface area contributed by atoms with Crippen molar-refractivity contribution in [2.45, 2.75) is 58.9 Å². The Morgan fingerprint density at radius 3 is 2.53 bits per heavy atom. The van der Waals surface area contributed by atoms with E-state index in [2.05, 4.69) is 25.7 Å². The summed E-state index contributed by atoms with van der Waals surface area (Å²) in [7, 11) is 1.74. The van der Waals surface area contributed by atoms with Crippen LogP contribution in [0, 0.1) is 11.3 Å². The average molecular weight is 269 g/mol. The molecule has 1 atom stereocenters. The normalized spacial score (nSPS) is 29.4. The van der Waals surface area contributed by atoms with Crippen LogP contribution in [0.1, 0.15) is 52.9 Å². The number of ether oxygens (including phenoxy) is 1. The molecule has 0 heterocycles. The van der Waals surface area contributed by atoms with Crippen molar-refractivity contribution in [3.63, 3.8) is 0 Å². The van der Waals surface area contributed by atoms with Crippen molar-refractivity contribution < 1.29 is 9.53 Å². The zero-order valence-corrected chi connectivity index (χ0v) is 13.2. The van der Waals surface area contributed by atoms with E-state index in [9.17, 15) is 4.79 Å². The minimum Gasteiger partial charge on any atom is -0.383 e. The van der Waals surface area contributed by atoms with Crippen LogP contribution in [0.2, 0.25) is 0 Å². The van der Waals surface area contributed by atoms with Gasteiger partial charge in [0, 0.05) is 31.7 Å². The van der Waals surface area contributed by atoms with Crippen LogP contribution < -0.4 is 0 Å². The number of carbonyl (C=O) groups excluding carboxylic acids is 1. The largest absolute Gasteiger partial charge is 0.383 e. The fraction of sp³-hybridized carbons (Fsp3) is 0.938. The maximum absolute atomic E-state index is 11.7. The van der Waals surface area contributed by atoms with Gasteiger partial charge < -0.3 is 9.53 Å². The maximum Gasteiger partial charge on any atom is 0.127 e. The number of carbonyl (C=O) groups is 1. The topological polar surface area (TPSA) is 29.5 Å². The predicted molar refractivity (Wildman–Crippen MR) is 79.3 cm³/mol. The van der Waals surface area contributed by atoms with E-state index in [1.165, 1.54) is 19.1 Å². The van der Waals surface area contributed by atoms with E-state index in [1.807, 2.05) is 0 Å². The highest BCUT2D eigenvalue weighted by Crippen LogP contribution is 2.38. The molecule has 3 nitrogen and oxygen atoms in total. The molecule has 0 saturated heterocycles. The Morgan fingerprint density at radius 2 is 2.05 bits per heavy atom. The molecule has 19 heavy (non-hydrogen) atoms. The number of aldehydes is 1. The Kier molecular flexibility index (Phi) is 7.01. The Bertz CT molecular complexity index is 259. The highest BCUT2D eigenvalue weighted by atomic mass is 16.5. The number of rotatable bonds is 8. The van der Waals surface area contributed by atoms with E-state index < -0.39 is 0 Å². The molecule has 0 aromatic rings. The van der Waals surface area contributed by atoms with Crippen molar-refractivity contribution in [1.29, 1.82) is 0 Å². The van der Waals surface area contributed by atoms with Gasteiger partial charge in [0.2, 0.25) is 0 Å². The van der Waals surface area contributed by atoms with E-state index >= 15 is 0 Å². The first kappa shape index (κ1) is 16.6. The highest BCUT2D eigenvalue weighted by molar-refractivity contribution is 5.60. The van der Waals surface area contributed by atoms with Crippen molar-refractivity contribution in [3.8, 4) is 0 Å². The van der Waals surface area contributed by atoms with Gasteiger partial charge in [-0.2, -0.15) is 0 Å². The molecule has 0 aromatic carbocycles. The van der Waals surface area contributed by atoms with Crippen molar-refractivity contribution in [2.75, 3.05) is 26.8 Å². The Labute approximate surface area is 118 Å². The van der Waals surface area contributed by atoms with Gasteiger partial charge in [0.1, 0.15) is 6.29 Å². The molecule has 1 rings (SSSR count). The zero-order chi connectivity index (χ0) is 14.3. The van der Waals surface area contributed by atoms with Gasteiger partial charge in [-0.15, -0.1) is 0 Å². The molecule has 0 bridgehead atoms. The molecule has 1 unspecified atom stereocenters. The zero-order valence-electron chi connectivity index (χ0n) is 13.2. The number of hydrogen-bond donors (Lipinski definition) is 0. The quantitative estimate of drug-likeness (QED) is 0.634. The second kappa shape index (κ2) is 8.01.